The summed E-state index contributed by atoms with van der Waals surface area (Å²) in [6.07, 6.45) is 4.20. The fraction of sp³-hybridized carbons (Fsp3) is 0.667. The van der Waals surface area contributed by atoms with Crippen molar-refractivity contribution in [2.24, 2.45) is 0 Å². The number of nitrogens with zero attached hydrogens (tertiary/aromatic N) is 1. The van der Waals surface area contributed by atoms with Gasteiger partial charge < -0.3 is 10.2 Å². The predicted molar refractivity (Wildman–Crippen MR) is 80.4 cm³/mol. The summed E-state index contributed by atoms with van der Waals surface area (Å²) in [6, 6.07) is 4.56. The molecule has 0 spiro atoms. The molecule has 2 unspecified atom stereocenters. The molecular weight excluding hydrogens is 256 g/mol. The first kappa shape index (κ1) is 14.5. The lowest BCUT2D eigenvalue weighted by atomic mass is 10.1. The topological polar surface area (TPSA) is 32.3 Å². The van der Waals surface area contributed by atoms with Crippen LogP contribution in [0.5, 0.6) is 0 Å². The summed E-state index contributed by atoms with van der Waals surface area (Å²) in [5.74, 6) is 0.292. The van der Waals surface area contributed by atoms with Gasteiger partial charge in [0.2, 0.25) is 5.91 Å². The van der Waals surface area contributed by atoms with Crippen molar-refractivity contribution in [3.63, 3.8) is 0 Å². The van der Waals surface area contributed by atoms with Crippen LogP contribution < -0.4 is 5.32 Å². The summed E-state index contributed by atoms with van der Waals surface area (Å²) in [5, 5.41) is 5.47. The van der Waals surface area contributed by atoms with Crippen molar-refractivity contribution in [1.29, 1.82) is 0 Å². The van der Waals surface area contributed by atoms with E-state index < -0.39 is 0 Å². The lowest BCUT2D eigenvalue weighted by molar-refractivity contribution is -0.131. The van der Waals surface area contributed by atoms with Crippen molar-refractivity contribution in [1.82, 2.24) is 10.2 Å². The Morgan fingerprint density at radius 1 is 1.47 bits per heavy atom. The zero-order valence-corrected chi connectivity index (χ0v) is 12.7. The SMILES string of the molecule is CCCNC1CCN(C(CCC)c2cccs2)C1=O. The fourth-order valence-electron chi connectivity index (χ4n) is 2.73. The van der Waals surface area contributed by atoms with E-state index >= 15 is 0 Å². The third-order valence-corrected chi connectivity index (χ3v) is 4.66. The maximum Gasteiger partial charge on any atom is 0.240 e. The molecule has 1 amide bonds. The molecule has 106 valence electrons. The van der Waals surface area contributed by atoms with Crippen LogP contribution in [0.25, 0.3) is 0 Å². The van der Waals surface area contributed by atoms with Crippen molar-refractivity contribution >= 4 is 17.2 Å². The number of thiophene rings is 1. The molecule has 0 aliphatic carbocycles. The van der Waals surface area contributed by atoms with E-state index in [1.807, 2.05) is 0 Å². The van der Waals surface area contributed by atoms with Gasteiger partial charge in [-0.15, -0.1) is 11.3 Å². The standard InChI is InChI=1S/C15H24N2OS/c1-3-6-13(14-7-5-11-19-14)17-10-8-12(15(17)18)16-9-4-2/h5,7,11-13,16H,3-4,6,8-10H2,1-2H3. The molecule has 0 saturated carbocycles. The molecule has 2 atom stereocenters. The normalized spacial score (nSPS) is 21.1. The van der Waals surface area contributed by atoms with Crippen molar-refractivity contribution in [3.8, 4) is 0 Å². The Bertz CT molecular complexity index is 391. The van der Waals surface area contributed by atoms with E-state index in [0.717, 1.165) is 38.8 Å². The molecule has 0 bridgehead atoms. The van der Waals surface area contributed by atoms with Crippen LogP contribution in [-0.4, -0.2) is 29.9 Å². The molecule has 1 aromatic heterocycles. The van der Waals surface area contributed by atoms with Gasteiger partial charge in [-0.1, -0.05) is 26.3 Å². The minimum absolute atomic E-state index is 0.0410. The number of amides is 1. The van der Waals surface area contributed by atoms with E-state index in [1.165, 1.54) is 4.88 Å². The van der Waals surface area contributed by atoms with E-state index in [4.69, 9.17) is 0 Å². The minimum atomic E-state index is 0.0410. The lowest BCUT2D eigenvalue weighted by Crippen LogP contribution is -2.39. The average Bonchev–Trinajstić information content (AvgIpc) is 3.04. The number of nitrogens with one attached hydrogen (secondary N) is 1. The summed E-state index contributed by atoms with van der Waals surface area (Å²) in [6.45, 7) is 6.15. The van der Waals surface area contributed by atoms with E-state index in [9.17, 15) is 4.79 Å². The molecule has 3 nitrogen and oxygen atoms in total. The second kappa shape index (κ2) is 7.06. The molecule has 1 aliphatic rings. The van der Waals surface area contributed by atoms with Gasteiger partial charge >= 0.3 is 0 Å². The maximum atomic E-state index is 12.5. The van der Waals surface area contributed by atoms with Gasteiger partial charge in [0.05, 0.1) is 12.1 Å². The van der Waals surface area contributed by atoms with Crippen LogP contribution in [0.3, 0.4) is 0 Å². The maximum absolute atomic E-state index is 12.5. The van der Waals surface area contributed by atoms with Gasteiger partial charge in [0.25, 0.3) is 0 Å². The summed E-state index contributed by atoms with van der Waals surface area (Å²) in [4.78, 5) is 15.9. The highest BCUT2D eigenvalue weighted by molar-refractivity contribution is 7.10. The molecule has 1 aliphatic heterocycles. The number of hydrogen-bond acceptors (Lipinski definition) is 3. The number of likely N-dealkylation sites (tertiary alicyclic amines) is 1. The van der Waals surface area contributed by atoms with Crippen LogP contribution >= 0.6 is 11.3 Å². The summed E-state index contributed by atoms with van der Waals surface area (Å²) in [7, 11) is 0. The summed E-state index contributed by atoms with van der Waals surface area (Å²) < 4.78 is 0. The largest absolute Gasteiger partial charge is 0.333 e. The second-order valence-electron chi connectivity index (χ2n) is 5.15. The van der Waals surface area contributed by atoms with Crippen LogP contribution in [0.4, 0.5) is 0 Å². The molecule has 2 rings (SSSR count). The highest BCUT2D eigenvalue weighted by Crippen LogP contribution is 2.32. The Labute approximate surface area is 120 Å². The van der Waals surface area contributed by atoms with E-state index in [-0.39, 0.29) is 12.1 Å². The third kappa shape index (κ3) is 3.37. The van der Waals surface area contributed by atoms with Crippen molar-refractivity contribution in [2.45, 2.75) is 51.6 Å². The van der Waals surface area contributed by atoms with Crippen molar-refractivity contribution in [2.75, 3.05) is 13.1 Å². The number of hydrogen-bond donors (Lipinski definition) is 1. The van der Waals surface area contributed by atoms with Crippen molar-refractivity contribution in [3.05, 3.63) is 22.4 Å². The fourth-order valence-corrected chi connectivity index (χ4v) is 3.60. The molecule has 2 heterocycles. The molecule has 4 heteroatoms. The average molecular weight is 280 g/mol. The first-order valence-corrected chi connectivity index (χ1v) is 8.23. The van der Waals surface area contributed by atoms with E-state index in [2.05, 4.69) is 41.6 Å². The number of carbonyl (C=O) groups excluding carboxylic acids is 1. The quantitative estimate of drug-likeness (QED) is 0.832. The van der Waals surface area contributed by atoms with Gasteiger partial charge in [-0.05, 0) is 37.3 Å². The highest BCUT2D eigenvalue weighted by Gasteiger charge is 2.35. The third-order valence-electron chi connectivity index (χ3n) is 3.69. The van der Waals surface area contributed by atoms with Crippen LogP contribution in [0.15, 0.2) is 17.5 Å². The van der Waals surface area contributed by atoms with Gasteiger partial charge in [-0.25, -0.2) is 0 Å². The molecule has 19 heavy (non-hydrogen) atoms. The van der Waals surface area contributed by atoms with Crippen LogP contribution in [-0.2, 0) is 4.79 Å². The smallest absolute Gasteiger partial charge is 0.240 e. The Kier molecular flexibility index (Phi) is 5.40. The monoisotopic (exact) mass is 280 g/mol. The lowest BCUT2D eigenvalue weighted by Gasteiger charge is -2.27. The molecule has 1 saturated heterocycles. The molecule has 0 radical (unpaired) electrons. The summed E-state index contributed by atoms with van der Waals surface area (Å²) >= 11 is 1.76. The first-order valence-electron chi connectivity index (χ1n) is 7.35. The second-order valence-corrected chi connectivity index (χ2v) is 6.13. The molecule has 1 fully saturated rings. The van der Waals surface area contributed by atoms with Gasteiger partial charge in [0, 0.05) is 11.4 Å². The van der Waals surface area contributed by atoms with Crippen LogP contribution in [0, 0.1) is 0 Å². The van der Waals surface area contributed by atoms with E-state index in [0.29, 0.717) is 5.91 Å². The molecule has 1 N–H and O–H groups in total. The zero-order chi connectivity index (χ0) is 13.7. The number of rotatable bonds is 7. The van der Waals surface area contributed by atoms with Gasteiger partial charge in [0.15, 0.2) is 0 Å². The first-order chi connectivity index (χ1) is 9.27. The molecule has 0 aromatic carbocycles. The highest BCUT2D eigenvalue weighted by atomic mass is 32.1. The molecular formula is C15H24N2OS. The molecule has 1 aromatic rings. The van der Waals surface area contributed by atoms with Gasteiger partial charge in [-0.3, -0.25) is 4.79 Å². The van der Waals surface area contributed by atoms with Crippen molar-refractivity contribution < 1.29 is 4.79 Å². The van der Waals surface area contributed by atoms with Gasteiger partial charge in [0.1, 0.15) is 0 Å². The van der Waals surface area contributed by atoms with Crippen LogP contribution in [0.2, 0.25) is 0 Å². The minimum Gasteiger partial charge on any atom is -0.333 e. The number of carbonyl (C=O) groups is 1. The Balaban J connectivity index is 2.05. The Morgan fingerprint density at radius 3 is 2.95 bits per heavy atom. The predicted octanol–water partition coefficient (Wildman–Crippen LogP) is 3.19. The van der Waals surface area contributed by atoms with Crippen LogP contribution in [0.1, 0.15) is 50.4 Å². The summed E-state index contributed by atoms with van der Waals surface area (Å²) in [5.41, 5.74) is 0. The van der Waals surface area contributed by atoms with Gasteiger partial charge in [-0.2, -0.15) is 0 Å². The van der Waals surface area contributed by atoms with E-state index in [1.54, 1.807) is 11.3 Å². The Hall–Kier alpha value is -0.870. The zero-order valence-electron chi connectivity index (χ0n) is 11.9. The Morgan fingerprint density at radius 2 is 2.32 bits per heavy atom.